The number of esters is 1. The van der Waals surface area contributed by atoms with Crippen LogP contribution in [0.3, 0.4) is 0 Å². The highest BCUT2D eigenvalue weighted by atomic mass is 35.5. The first-order chi connectivity index (χ1) is 16.8. The van der Waals surface area contributed by atoms with Gasteiger partial charge < -0.3 is 14.8 Å². The van der Waals surface area contributed by atoms with Crippen LogP contribution >= 0.6 is 35.0 Å². The van der Waals surface area contributed by atoms with Gasteiger partial charge in [0.25, 0.3) is 0 Å². The molecule has 0 spiro atoms. The van der Waals surface area contributed by atoms with Crippen molar-refractivity contribution < 1.29 is 23.9 Å². The Kier molecular flexibility index (Phi) is 10.3. The maximum atomic E-state index is 12.2. The van der Waals surface area contributed by atoms with Crippen LogP contribution in [-0.2, 0) is 25.7 Å². The lowest BCUT2D eigenvalue weighted by atomic mass is 10.0. The summed E-state index contributed by atoms with van der Waals surface area (Å²) >= 11 is 13.8. The monoisotopic (exact) mass is 538 g/mol. The van der Waals surface area contributed by atoms with Crippen LogP contribution < -0.4 is 10.1 Å². The Morgan fingerprint density at radius 2 is 1.86 bits per heavy atom. The number of benzene rings is 2. The molecule has 0 radical (unpaired) electrons. The summed E-state index contributed by atoms with van der Waals surface area (Å²) in [6.45, 7) is 2.94. The number of hydrogen-bond acceptors (Lipinski definition) is 7. The van der Waals surface area contributed by atoms with Gasteiger partial charge in [0.1, 0.15) is 5.75 Å². The van der Waals surface area contributed by atoms with E-state index in [9.17, 15) is 14.4 Å². The minimum absolute atomic E-state index is 0.108. The summed E-state index contributed by atoms with van der Waals surface area (Å²) in [6.07, 6.45) is 0.743. The molecule has 1 heterocycles. The van der Waals surface area contributed by atoms with Gasteiger partial charge in [-0.3, -0.25) is 19.3 Å². The predicted octanol–water partition coefficient (Wildman–Crippen LogP) is 5.03. The fraction of sp³-hybridized carbons (Fsp3) is 0.400. The van der Waals surface area contributed by atoms with E-state index in [2.05, 4.69) is 5.32 Å². The zero-order valence-corrected chi connectivity index (χ0v) is 22.0. The predicted molar refractivity (Wildman–Crippen MR) is 137 cm³/mol. The summed E-state index contributed by atoms with van der Waals surface area (Å²) in [5.74, 6) is 0.761. The first-order valence-corrected chi connectivity index (χ1v) is 13.0. The zero-order valence-electron chi connectivity index (χ0n) is 19.6. The summed E-state index contributed by atoms with van der Waals surface area (Å²) in [4.78, 5) is 38.0. The molecule has 3 rings (SSSR count). The number of carbonyl (C=O) groups excluding carboxylic acids is 3. The molecule has 2 aromatic rings. The fourth-order valence-corrected chi connectivity index (χ4v) is 4.97. The van der Waals surface area contributed by atoms with Crippen molar-refractivity contribution in [1.82, 2.24) is 10.2 Å². The van der Waals surface area contributed by atoms with Gasteiger partial charge in [-0.25, -0.2) is 0 Å². The summed E-state index contributed by atoms with van der Waals surface area (Å²) in [5.41, 5.74) is 1.79. The molecule has 0 bridgehead atoms. The molecule has 2 amide bonds. The quantitative estimate of drug-likeness (QED) is 0.230. The highest BCUT2D eigenvalue weighted by Crippen LogP contribution is 2.31. The van der Waals surface area contributed by atoms with Crippen molar-refractivity contribution in [2.24, 2.45) is 0 Å². The lowest BCUT2D eigenvalue weighted by Gasteiger charge is -2.20. The van der Waals surface area contributed by atoms with Crippen molar-refractivity contribution >= 4 is 52.7 Å². The molecule has 1 aliphatic rings. The summed E-state index contributed by atoms with van der Waals surface area (Å²) in [7, 11) is 1.60. The van der Waals surface area contributed by atoms with Crippen molar-refractivity contribution in [3.05, 3.63) is 57.6 Å². The average Bonchev–Trinajstić information content (AvgIpc) is 3.16. The van der Waals surface area contributed by atoms with E-state index in [0.717, 1.165) is 16.0 Å². The van der Waals surface area contributed by atoms with Gasteiger partial charge in [0, 0.05) is 42.6 Å². The van der Waals surface area contributed by atoms with Gasteiger partial charge in [-0.05, 0) is 42.3 Å². The highest BCUT2D eigenvalue weighted by molar-refractivity contribution is 7.99. The maximum Gasteiger partial charge on any atom is 0.307 e. The molecule has 188 valence electrons. The first-order valence-electron chi connectivity index (χ1n) is 11.3. The molecule has 2 aromatic carbocycles. The van der Waals surface area contributed by atoms with Gasteiger partial charge in [0.15, 0.2) is 0 Å². The highest BCUT2D eigenvalue weighted by Gasteiger charge is 2.28. The molecule has 0 aromatic heterocycles. The Bertz CT molecular complexity index is 1070. The third kappa shape index (κ3) is 7.61. The molecular formula is C25H28Cl2N2O5S. The van der Waals surface area contributed by atoms with Crippen LogP contribution in [0.5, 0.6) is 5.75 Å². The third-order valence-electron chi connectivity index (χ3n) is 5.53. The number of ether oxygens (including phenoxy) is 2. The lowest BCUT2D eigenvalue weighted by Crippen LogP contribution is -2.31. The fourth-order valence-electron chi connectivity index (χ4n) is 3.72. The smallest absolute Gasteiger partial charge is 0.307 e. The standard InChI is InChI=1S/C25H28Cl2N2O5S/c1-3-34-25(32)14-20(17-5-6-18(26)19(27)13-17)28-15-16-4-7-22(21(12-16)33-2)35-11-10-29-23(30)8-9-24(29)31/h4-7,12-13,20,28H,3,8-11,14-15H2,1-2H3. The van der Waals surface area contributed by atoms with Gasteiger partial charge in [0.2, 0.25) is 11.8 Å². The number of nitrogens with zero attached hydrogens (tertiary/aromatic N) is 1. The van der Waals surface area contributed by atoms with Crippen LogP contribution in [0.25, 0.3) is 0 Å². The number of imide groups is 1. The van der Waals surface area contributed by atoms with Gasteiger partial charge in [-0.2, -0.15) is 0 Å². The topological polar surface area (TPSA) is 84.9 Å². The Morgan fingerprint density at radius 3 is 2.51 bits per heavy atom. The van der Waals surface area contributed by atoms with Crippen LogP contribution in [0.1, 0.15) is 43.4 Å². The lowest BCUT2D eigenvalue weighted by molar-refractivity contribution is -0.144. The zero-order chi connectivity index (χ0) is 25.4. The van der Waals surface area contributed by atoms with Crippen molar-refractivity contribution in [2.75, 3.05) is 26.0 Å². The molecule has 1 atom stereocenters. The van der Waals surface area contributed by atoms with Gasteiger partial charge in [-0.15, -0.1) is 11.8 Å². The molecule has 1 saturated heterocycles. The minimum Gasteiger partial charge on any atom is -0.496 e. The number of nitrogens with one attached hydrogen (secondary N) is 1. The van der Waals surface area contributed by atoms with E-state index >= 15 is 0 Å². The van der Waals surface area contributed by atoms with Gasteiger partial charge >= 0.3 is 5.97 Å². The second kappa shape index (κ2) is 13.2. The number of thioether (sulfide) groups is 1. The Morgan fingerprint density at radius 1 is 1.11 bits per heavy atom. The van der Waals surface area contributed by atoms with Crippen LogP contribution in [0.15, 0.2) is 41.3 Å². The first kappa shape index (κ1) is 27.3. The van der Waals surface area contributed by atoms with Crippen molar-refractivity contribution in [3.63, 3.8) is 0 Å². The van der Waals surface area contributed by atoms with E-state index in [4.69, 9.17) is 32.7 Å². The molecule has 1 fully saturated rings. The minimum atomic E-state index is -0.320. The van der Waals surface area contributed by atoms with Gasteiger partial charge in [0.05, 0.1) is 30.2 Å². The van der Waals surface area contributed by atoms with E-state index in [-0.39, 0.29) is 30.2 Å². The molecule has 7 nitrogen and oxygen atoms in total. The number of methoxy groups -OCH3 is 1. The van der Waals surface area contributed by atoms with E-state index in [0.29, 0.717) is 54.1 Å². The molecule has 0 saturated carbocycles. The maximum absolute atomic E-state index is 12.2. The Balaban J connectivity index is 1.65. The molecule has 35 heavy (non-hydrogen) atoms. The second-order valence-corrected chi connectivity index (χ2v) is 9.84. The molecule has 1 N–H and O–H groups in total. The molecule has 10 heteroatoms. The van der Waals surface area contributed by atoms with Gasteiger partial charge in [-0.1, -0.05) is 35.3 Å². The molecule has 0 aliphatic carbocycles. The number of carbonyl (C=O) groups is 3. The van der Waals surface area contributed by atoms with Crippen LogP contribution in [0.4, 0.5) is 0 Å². The number of halogens is 2. The van der Waals surface area contributed by atoms with E-state index in [1.54, 1.807) is 26.2 Å². The molecule has 1 unspecified atom stereocenters. The summed E-state index contributed by atoms with van der Waals surface area (Å²) in [6, 6.07) is 10.8. The number of hydrogen-bond donors (Lipinski definition) is 1. The van der Waals surface area contributed by atoms with E-state index in [1.807, 2.05) is 24.3 Å². The molecular weight excluding hydrogens is 511 g/mol. The number of amides is 2. The van der Waals surface area contributed by atoms with Crippen molar-refractivity contribution in [2.45, 2.75) is 43.7 Å². The third-order valence-corrected chi connectivity index (χ3v) is 7.30. The van der Waals surface area contributed by atoms with Crippen molar-refractivity contribution in [3.8, 4) is 5.75 Å². The van der Waals surface area contributed by atoms with Crippen LogP contribution in [0, 0.1) is 0 Å². The van der Waals surface area contributed by atoms with E-state index < -0.39 is 0 Å². The molecule has 1 aliphatic heterocycles. The Hall–Kier alpha value is -2.26. The van der Waals surface area contributed by atoms with E-state index in [1.165, 1.54) is 16.7 Å². The second-order valence-electron chi connectivity index (χ2n) is 7.89. The van der Waals surface area contributed by atoms with Crippen molar-refractivity contribution in [1.29, 1.82) is 0 Å². The SMILES string of the molecule is CCOC(=O)CC(NCc1ccc(SCCN2C(=O)CCC2=O)c(OC)c1)c1ccc(Cl)c(Cl)c1. The summed E-state index contributed by atoms with van der Waals surface area (Å²) < 4.78 is 10.7. The normalized spacial score (nSPS) is 14.3. The Labute approximate surface area is 219 Å². The largest absolute Gasteiger partial charge is 0.496 e. The van der Waals surface area contributed by atoms with Crippen LogP contribution in [-0.4, -0.2) is 48.7 Å². The summed E-state index contributed by atoms with van der Waals surface area (Å²) in [5, 5.41) is 4.27. The van der Waals surface area contributed by atoms with Crippen LogP contribution in [0.2, 0.25) is 10.0 Å². The number of rotatable bonds is 12. The number of likely N-dealkylation sites (tertiary alicyclic amines) is 1. The average molecular weight is 539 g/mol.